The van der Waals surface area contributed by atoms with Crippen molar-refractivity contribution in [1.29, 1.82) is 0 Å². The number of hydrogen-bond acceptors (Lipinski definition) is 3. The number of amides is 3. The number of hydroxylamine groups is 1. The minimum Gasteiger partial charge on any atom is -0.326 e. The van der Waals surface area contributed by atoms with Gasteiger partial charge in [-0.05, 0) is 25.0 Å². The number of rotatable bonds is 4. The van der Waals surface area contributed by atoms with Crippen molar-refractivity contribution in [2.24, 2.45) is 5.92 Å². The summed E-state index contributed by atoms with van der Waals surface area (Å²) in [6.07, 6.45) is 0. The Morgan fingerprint density at radius 3 is 2.21 bits per heavy atom. The molecule has 0 fully saturated rings. The maximum absolute atomic E-state index is 11.7. The van der Waals surface area contributed by atoms with Crippen LogP contribution in [0.2, 0.25) is 0 Å². The van der Waals surface area contributed by atoms with Crippen molar-refractivity contribution in [2.45, 2.75) is 26.8 Å². The van der Waals surface area contributed by atoms with Crippen LogP contribution in [0.25, 0.3) is 0 Å². The van der Waals surface area contributed by atoms with Crippen LogP contribution in [-0.2, 0) is 4.79 Å². The van der Waals surface area contributed by atoms with Crippen molar-refractivity contribution < 1.29 is 14.8 Å². The summed E-state index contributed by atoms with van der Waals surface area (Å²) in [6, 6.07) is 5.99. The van der Waals surface area contributed by atoms with Crippen molar-refractivity contribution in [3.63, 3.8) is 0 Å². The van der Waals surface area contributed by atoms with Gasteiger partial charge in [-0.15, -0.1) is 0 Å². The predicted octanol–water partition coefficient (Wildman–Crippen LogP) is 1.65. The first-order valence-corrected chi connectivity index (χ1v) is 6.02. The topological polar surface area (TPSA) is 90.5 Å². The summed E-state index contributed by atoms with van der Waals surface area (Å²) in [5, 5.41) is 13.7. The van der Waals surface area contributed by atoms with Gasteiger partial charge < -0.3 is 10.6 Å². The van der Waals surface area contributed by atoms with Gasteiger partial charge in [-0.3, -0.25) is 10.0 Å². The van der Waals surface area contributed by atoms with E-state index >= 15 is 0 Å². The third-order valence-corrected chi connectivity index (χ3v) is 2.66. The number of benzene rings is 1. The van der Waals surface area contributed by atoms with Crippen molar-refractivity contribution >= 4 is 17.6 Å². The van der Waals surface area contributed by atoms with Crippen LogP contribution >= 0.6 is 0 Å². The van der Waals surface area contributed by atoms with E-state index in [4.69, 9.17) is 5.21 Å². The Labute approximate surface area is 112 Å². The molecule has 6 heteroatoms. The van der Waals surface area contributed by atoms with Gasteiger partial charge in [0.15, 0.2) is 0 Å². The Balaban J connectivity index is 2.62. The molecule has 0 heterocycles. The van der Waals surface area contributed by atoms with Gasteiger partial charge in [0.05, 0.1) is 0 Å². The average molecular weight is 265 g/mol. The van der Waals surface area contributed by atoms with Crippen LogP contribution in [0.4, 0.5) is 10.5 Å². The van der Waals surface area contributed by atoms with E-state index in [0.717, 1.165) is 5.56 Å². The number of urea groups is 1. The molecule has 0 aliphatic rings. The lowest BCUT2D eigenvalue weighted by Crippen LogP contribution is -2.50. The molecular formula is C13H19N3O3. The normalized spacial score (nSPS) is 11.8. The Bertz CT molecular complexity index is 443. The molecule has 0 radical (unpaired) electrons. The molecular weight excluding hydrogens is 246 g/mol. The highest BCUT2D eigenvalue weighted by Gasteiger charge is 2.23. The van der Waals surface area contributed by atoms with Gasteiger partial charge in [-0.2, -0.15) is 0 Å². The van der Waals surface area contributed by atoms with Crippen LogP contribution in [0, 0.1) is 12.8 Å². The van der Waals surface area contributed by atoms with Crippen LogP contribution in [0.3, 0.4) is 0 Å². The number of aryl methyl sites for hydroxylation is 1. The fraction of sp³-hybridized carbons (Fsp3) is 0.385. The second-order valence-electron chi connectivity index (χ2n) is 4.66. The van der Waals surface area contributed by atoms with E-state index in [2.05, 4.69) is 10.6 Å². The third-order valence-electron chi connectivity index (χ3n) is 2.66. The van der Waals surface area contributed by atoms with E-state index in [9.17, 15) is 9.59 Å². The molecule has 0 spiro atoms. The first kappa shape index (κ1) is 15.0. The first-order chi connectivity index (χ1) is 8.93. The zero-order valence-corrected chi connectivity index (χ0v) is 11.2. The van der Waals surface area contributed by atoms with Gasteiger partial charge in [0.25, 0.3) is 5.91 Å². The number of nitrogens with one attached hydrogen (secondary N) is 3. The van der Waals surface area contributed by atoms with Crippen LogP contribution in [0.5, 0.6) is 0 Å². The van der Waals surface area contributed by atoms with E-state index in [1.807, 2.05) is 19.1 Å². The lowest BCUT2D eigenvalue weighted by molar-refractivity contribution is -0.132. The standard InChI is InChI=1S/C13H19N3O3/c1-8(2)11(12(17)16-19)15-13(18)14-10-6-4-9(3)5-7-10/h4-8,11,19H,1-3H3,(H,16,17)(H2,14,15,18)/t11-/m1/s1. The Hall–Kier alpha value is -2.08. The van der Waals surface area contributed by atoms with Crippen LogP contribution < -0.4 is 16.1 Å². The fourth-order valence-corrected chi connectivity index (χ4v) is 1.55. The maximum atomic E-state index is 11.7. The highest BCUT2D eigenvalue weighted by atomic mass is 16.5. The van der Waals surface area contributed by atoms with Gasteiger partial charge in [-0.25, -0.2) is 10.3 Å². The number of anilines is 1. The van der Waals surface area contributed by atoms with E-state index < -0.39 is 18.0 Å². The molecule has 1 aromatic carbocycles. The number of hydrogen-bond donors (Lipinski definition) is 4. The monoisotopic (exact) mass is 265 g/mol. The second kappa shape index (κ2) is 6.75. The molecule has 1 rings (SSSR count). The zero-order chi connectivity index (χ0) is 14.4. The average Bonchev–Trinajstić information content (AvgIpc) is 2.37. The molecule has 0 aliphatic carbocycles. The highest BCUT2D eigenvalue weighted by Crippen LogP contribution is 2.09. The molecule has 4 N–H and O–H groups in total. The van der Waals surface area contributed by atoms with Gasteiger partial charge in [0, 0.05) is 5.69 Å². The van der Waals surface area contributed by atoms with Crippen LogP contribution in [-0.4, -0.2) is 23.2 Å². The predicted molar refractivity (Wildman–Crippen MR) is 71.9 cm³/mol. The van der Waals surface area contributed by atoms with Gasteiger partial charge in [0.1, 0.15) is 6.04 Å². The molecule has 6 nitrogen and oxygen atoms in total. The van der Waals surface area contributed by atoms with Gasteiger partial charge in [-0.1, -0.05) is 31.5 Å². The van der Waals surface area contributed by atoms with Crippen molar-refractivity contribution in [3.05, 3.63) is 29.8 Å². The van der Waals surface area contributed by atoms with Crippen LogP contribution in [0.1, 0.15) is 19.4 Å². The largest absolute Gasteiger partial charge is 0.326 e. The Morgan fingerprint density at radius 1 is 1.16 bits per heavy atom. The van der Waals surface area contributed by atoms with E-state index in [1.165, 1.54) is 0 Å². The maximum Gasteiger partial charge on any atom is 0.319 e. The smallest absolute Gasteiger partial charge is 0.319 e. The molecule has 1 atom stereocenters. The molecule has 0 saturated carbocycles. The minimum atomic E-state index is -0.796. The Morgan fingerprint density at radius 2 is 1.74 bits per heavy atom. The second-order valence-corrected chi connectivity index (χ2v) is 4.66. The molecule has 3 amide bonds. The summed E-state index contributed by atoms with van der Waals surface area (Å²) in [4.78, 5) is 23.1. The SMILES string of the molecule is Cc1ccc(NC(=O)N[C@@H](C(=O)NO)C(C)C)cc1. The molecule has 1 aromatic rings. The molecule has 104 valence electrons. The summed E-state index contributed by atoms with van der Waals surface area (Å²) in [5.74, 6) is -0.787. The van der Waals surface area contributed by atoms with Crippen molar-refractivity contribution in [2.75, 3.05) is 5.32 Å². The zero-order valence-electron chi connectivity index (χ0n) is 11.2. The van der Waals surface area contributed by atoms with Crippen LogP contribution in [0.15, 0.2) is 24.3 Å². The molecule has 0 bridgehead atoms. The molecule has 0 aromatic heterocycles. The van der Waals surface area contributed by atoms with Crippen molar-refractivity contribution in [3.8, 4) is 0 Å². The van der Waals surface area contributed by atoms with Crippen molar-refractivity contribution in [1.82, 2.24) is 10.8 Å². The minimum absolute atomic E-state index is 0.143. The quantitative estimate of drug-likeness (QED) is 0.493. The summed E-state index contributed by atoms with van der Waals surface area (Å²) in [6.45, 7) is 5.49. The summed E-state index contributed by atoms with van der Waals surface area (Å²) >= 11 is 0. The van der Waals surface area contributed by atoms with E-state index in [1.54, 1.807) is 31.5 Å². The fourth-order valence-electron chi connectivity index (χ4n) is 1.55. The molecule has 0 unspecified atom stereocenters. The van der Waals surface area contributed by atoms with E-state index in [0.29, 0.717) is 5.69 Å². The molecule has 0 saturated heterocycles. The number of carbonyl (C=O) groups excluding carboxylic acids is 2. The highest BCUT2D eigenvalue weighted by molar-refractivity contribution is 5.93. The Kier molecular flexibility index (Phi) is 5.32. The first-order valence-electron chi connectivity index (χ1n) is 6.02. The van der Waals surface area contributed by atoms with Gasteiger partial charge in [0.2, 0.25) is 0 Å². The van der Waals surface area contributed by atoms with E-state index in [-0.39, 0.29) is 5.92 Å². The third kappa shape index (κ3) is 4.59. The molecule has 0 aliphatic heterocycles. The molecule has 19 heavy (non-hydrogen) atoms. The summed E-state index contributed by atoms with van der Waals surface area (Å²) in [5.41, 5.74) is 3.26. The van der Waals surface area contributed by atoms with Gasteiger partial charge >= 0.3 is 6.03 Å². The lowest BCUT2D eigenvalue weighted by atomic mass is 10.0. The summed E-state index contributed by atoms with van der Waals surface area (Å²) < 4.78 is 0. The summed E-state index contributed by atoms with van der Waals surface area (Å²) in [7, 11) is 0. The lowest BCUT2D eigenvalue weighted by Gasteiger charge is -2.20. The number of carbonyl (C=O) groups is 2.